The van der Waals surface area contributed by atoms with E-state index in [0.29, 0.717) is 30.3 Å². The maximum absolute atomic E-state index is 13.4. The Morgan fingerprint density at radius 3 is 3.00 bits per heavy atom. The Kier molecular flexibility index (Phi) is 4.98. The normalized spacial score (nSPS) is 16.9. The van der Waals surface area contributed by atoms with Gasteiger partial charge in [-0.3, -0.25) is 9.48 Å². The van der Waals surface area contributed by atoms with Gasteiger partial charge in [-0.2, -0.15) is 5.10 Å². The maximum atomic E-state index is 13.4. The van der Waals surface area contributed by atoms with Crippen molar-refractivity contribution in [2.75, 3.05) is 6.54 Å². The first kappa shape index (κ1) is 18.4. The molecule has 2 aromatic heterocycles. The van der Waals surface area contributed by atoms with Crippen molar-refractivity contribution in [2.45, 2.75) is 45.2 Å². The lowest BCUT2D eigenvalue weighted by Gasteiger charge is -2.23. The lowest BCUT2D eigenvalue weighted by Crippen LogP contribution is -2.32. The Bertz CT molecular complexity index is 978. The van der Waals surface area contributed by atoms with Gasteiger partial charge in [0.15, 0.2) is 0 Å². The minimum Gasteiger partial charge on any atom is -0.443 e. The second-order valence-corrected chi connectivity index (χ2v) is 7.38. The summed E-state index contributed by atoms with van der Waals surface area (Å²) < 4.78 is 21.1. The largest absolute Gasteiger partial charge is 0.443 e. The molecule has 1 amide bonds. The summed E-state index contributed by atoms with van der Waals surface area (Å²) in [7, 11) is 0. The highest BCUT2D eigenvalue weighted by Crippen LogP contribution is 2.33. The topological polar surface area (TPSA) is 64.2 Å². The van der Waals surface area contributed by atoms with Gasteiger partial charge in [-0.05, 0) is 50.5 Å². The number of carbonyl (C=O) groups excluding carboxylic acids is 1. The Hall–Kier alpha value is -2.96. The summed E-state index contributed by atoms with van der Waals surface area (Å²) >= 11 is 0. The zero-order valence-electron chi connectivity index (χ0n) is 16.0. The fourth-order valence-corrected chi connectivity index (χ4v) is 3.72. The van der Waals surface area contributed by atoms with Crippen molar-refractivity contribution in [2.24, 2.45) is 0 Å². The van der Waals surface area contributed by atoms with Gasteiger partial charge in [0.1, 0.15) is 23.3 Å². The van der Waals surface area contributed by atoms with E-state index in [2.05, 4.69) is 10.1 Å². The monoisotopic (exact) mass is 382 g/mol. The number of carbonyl (C=O) groups is 1. The van der Waals surface area contributed by atoms with Gasteiger partial charge in [-0.15, -0.1) is 0 Å². The standard InChI is InChI=1S/C21H23FN4O2/c1-14(2)26-19(8-9-24-26)21(27)25-10-4-7-18(25)20-23-13-17(28-20)12-15-5-3-6-16(22)11-15/h3,5-6,8-9,11,13-14,18H,4,7,10,12H2,1-2H3. The number of rotatable bonds is 5. The lowest BCUT2D eigenvalue weighted by atomic mass is 10.1. The molecule has 1 saturated heterocycles. The van der Waals surface area contributed by atoms with E-state index < -0.39 is 0 Å². The van der Waals surface area contributed by atoms with Crippen LogP contribution >= 0.6 is 0 Å². The summed E-state index contributed by atoms with van der Waals surface area (Å²) in [6.07, 6.45) is 5.49. The Morgan fingerprint density at radius 1 is 1.36 bits per heavy atom. The van der Waals surface area contributed by atoms with Gasteiger partial charge in [-0.1, -0.05) is 12.1 Å². The molecule has 0 aliphatic carbocycles. The van der Waals surface area contributed by atoms with Gasteiger partial charge >= 0.3 is 0 Å². The molecule has 6 nitrogen and oxygen atoms in total. The molecule has 146 valence electrons. The molecule has 1 aliphatic rings. The summed E-state index contributed by atoms with van der Waals surface area (Å²) in [5, 5.41) is 4.26. The van der Waals surface area contributed by atoms with Crippen LogP contribution in [0.3, 0.4) is 0 Å². The summed E-state index contributed by atoms with van der Waals surface area (Å²) in [5.74, 6) is 0.866. The molecule has 1 aromatic carbocycles. The highest BCUT2D eigenvalue weighted by molar-refractivity contribution is 5.93. The van der Waals surface area contributed by atoms with Crippen LogP contribution in [0.2, 0.25) is 0 Å². The van der Waals surface area contributed by atoms with E-state index in [1.165, 1.54) is 12.1 Å². The van der Waals surface area contributed by atoms with Crippen molar-refractivity contribution in [3.63, 3.8) is 0 Å². The van der Waals surface area contributed by atoms with Crippen LogP contribution in [0.25, 0.3) is 0 Å². The van der Waals surface area contributed by atoms with Crippen LogP contribution < -0.4 is 0 Å². The molecule has 3 aromatic rings. The first-order chi connectivity index (χ1) is 13.5. The minimum atomic E-state index is -0.272. The molecule has 4 rings (SSSR count). The average Bonchev–Trinajstić information content (AvgIpc) is 3.41. The van der Waals surface area contributed by atoms with Crippen molar-refractivity contribution < 1.29 is 13.6 Å². The molecule has 1 atom stereocenters. The molecule has 3 heterocycles. The number of hydrogen-bond donors (Lipinski definition) is 0. The van der Waals surface area contributed by atoms with Crippen molar-refractivity contribution in [1.82, 2.24) is 19.7 Å². The fourth-order valence-electron chi connectivity index (χ4n) is 3.72. The molecule has 7 heteroatoms. The van der Waals surface area contributed by atoms with Gasteiger partial charge in [0, 0.05) is 25.2 Å². The van der Waals surface area contributed by atoms with Gasteiger partial charge in [0.25, 0.3) is 5.91 Å². The Labute approximate surface area is 163 Å². The third-order valence-electron chi connectivity index (χ3n) is 5.02. The fraction of sp³-hybridized carbons (Fsp3) is 0.381. The maximum Gasteiger partial charge on any atom is 0.272 e. The second kappa shape index (κ2) is 7.58. The number of amides is 1. The lowest BCUT2D eigenvalue weighted by molar-refractivity contribution is 0.0700. The van der Waals surface area contributed by atoms with Crippen molar-refractivity contribution >= 4 is 5.91 Å². The van der Waals surface area contributed by atoms with Crippen molar-refractivity contribution in [3.8, 4) is 0 Å². The van der Waals surface area contributed by atoms with E-state index >= 15 is 0 Å². The van der Waals surface area contributed by atoms with E-state index in [1.54, 1.807) is 29.2 Å². The van der Waals surface area contributed by atoms with Crippen LogP contribution in [0, 0.1) is 5.82 Å². The van der Waals surface area contributed by atoms with Gasteiger partial charge in [0.05, 0.1) is 6.20 Å². The summed E-state index contributed by atoms with van der Waals surface area (Å²) in [4.78, 5) is 19.3. The number of halogens is 1. The first-order valence-electron chi connectivity index (χ1n) is 9.56. The summed E-state index contributed by atoms with van der Waals surface area (Å²) in [5.41, 5.74) is 1.40. The van der Waals surface area contributed by atoms with E-state index in [0.717, 1.165) is 18.4 Å². The van der Waals surface area contributed by atoms with Crippen LogP contribution in [0.5, 0.6) is 0 Å². The molecule has 0 N–H and O–H groups in total. The second-order valence-electron chi connectivity index (χ2n) is 7.38. The van der Waals surface area contributed by atoms with Crippen LogP contribution in [0.1, 0.15) is 66.5 Å². The third kappa shape index (κ3) is 3.56. The number of oxazole rings is 1. The average molecular weight is 382 g/mol. The van der Waals surface area contributed by atoms with E-state index in [9.17, 15) is 9.18 Å². The third-order valence-corrected chi connectivity index (χ3v) is 5.02. The van der Waals surface area contributed by atoms with Crippen LogP contribution in [0.4, 0.5) is 4.39 Å². The highest BCUT2D eigenvalue weighted by Gasteiger charge is 2.35. The quantitative estimate of drug-likeness (QED) is 0.665. The molecule has 0 radical (unpaired) electrons. The van der Waals surface area contributed by atoms with E-state index in [-0.39, 0.29) is 23.8 Å². The number of likely N-dealkylation sites (tertiary alicyclic amines) is 1. The number of nitrogens with zero attached hydrogens (tertiary/aromatic N) is 4. The van der Waals surface area contributed by atoms with Crippen LogP contribution in [0.15, 0.2) is 47.1 Å². The molecule has 1 aliphatic heterocycles. The molecule has 1 fully saturated rings. The smallest absolute Gasteiger partial charge is 0.272 e. The van der Waals surface area contributed by atoms with Gasteiger partial charge in [-0.25, -0.2) is 9.37 Å². The molecule has 1 unspecified atom stereocenters. The molecule has 0 saturated carbocycles. The van der Waals surface area contributed by atoms with Crippen LogP contribution in [-0.2, 0) is 6.42 Å². The number of aromatic nitrogens is 3. The molecular weight excluding hydrogens is 359 g/mol. The highest BCUT2D eigenvalue weighted by atomic mass is 19.1. The van der Waals surface area contributed by atoms with Crippen molar-refractivity contribution in [1.29, 1.82) is 0 Å². The number of hydrogen-bond acceptors (Lipinski definition) is 4. The molecular formula is C21H23FN4O2. The first-order valence-corrected chi connectivity index (χ1v) is 9.56. The zero-order chi connectivity index (χ0) is 19.7. The molecule has 0 spiro atoms. The van der Waals surface area contributed by atoms with Gasteiger partial charge in [0.2, 0.25) is 5.89 Å². The van der Waals surface area contributed by atoms with E-state index in [1.807, 2.05) is 24.8 Å². The Morgan fingerprint density at radius 2 is 2.21 bits per heavy atom. The van der Waals surface area contributed by atoms with E-state index in [4.69, 9.17) is 4.42 Å². The van der Waals surface area contributed by atoms with Gasteiger partial charge < -0.3 is 9.32 Å². The summed E-state index contributed by atoms with van der Waals surface area (Å²) in [6, 6.07) is 8.10. The zero-order valence-corrected chi connectivity index (χ0v) is 16.0. The molecule has 28 heavy (non-hydrogen) atoms. The predicted octanol–water partition coefficient (Wildman–Crippen LogP) is 4.16. The SMILES string of the molecule is CC(C)n1nccc1C(=O)N1CCCC1c1ncc(Cc2cccc(F)c2)o1. The van der Waals surface area contributed by atoms with Crippen molar-refractivity contribution in [3.05, 3.63) is 71.5 Å². The molecule has 0 bridgehead atoms. The predicted molar refractivity (Wildman–Crippen MR) is 101 cm³/mol. The number of benzene rings is 1. The van der Waals surface area contributed by atoms with Crippen LogP contribution in [-0.4, -0.2) is 32.1 Å². The summed E-state index contributed by atoms with van der Waals surface area (Å²) in [6.45, 7) is 4.66. The Balaban J connectivity index is 1.53. The minimum absolute atomic E-state index is 0.0569.